The zero-order chi connectivity index (χ0) is 15.2. The fraction of sp³-hybridized carbons (Fsp3) is 0.438. The highest BCUT2D eigenvalue weighted by Crippen LogP contribution is 2.32. The minimum absolute atomic E-state index is 0.214. The summed E-state index contributed by atoms with van der Waals surface area (Å²) in [6, 6.07) is 10.6. The van der Waals surface area contributed by atoms with E-state index in [4.69, 9.17) is 10.1 Å². The number of aliphatic hydroxyl groups is 1. The number of rotatable bonds is 7. The zero-order valence-corrected chi connectivity index (χ0v) is 13.7. The summed E-state index contributed by atoms with van der Waals surface area (Å²) in [7, 11) is 4.03. The van der Waals surface area contributed by atoms with Gasteiger partial charge in [-0.3, -0.25) is 0 Å². The van der Waals surface area contributed by atoms with Crippen molar-refractivity contribution in [1.29, 1.82) is 0 Å². The maximum absolute atomic E-state index is 8.99. The van der Waals surface area contributed by atoms with Gasteiger partial charge in [-0.15, -0.1) is 0 Å². The van der Waals surface area contributed by atoms with E-state index in [9.17, 15) is 0 Å². The molecule has 0 amide bonds. The lowest BCUT2D eigenvalue weighted by atomic mass is 10.1. The fourth-order valence-electron chi connectivity index (χ4n) is 2.03. The van der Waals surface area contributed by atoms with E-state index in [0.717, 1.165) is 29.4 Å². The van der Waals surface area contributed by atoms with Crippen molar-refractivity contribution >= 4 is 16.5 Å². The minimum Gasteiger partial charge on any atom is -0.396 e. The molecule has 4 nitrogen and oxygen atoms in total. The number of thiazole rings is 1. The summed E-state index contributed by atoms with van der Waals surface area (Å²) in [5.74, 6) is 0. The maximum atomic E-state index is 8.99. The van der Waals surface area contributed by atoms with Gasteiger partial charge in [-0.05, 0) is 13.3 Å². The molecule has 1 aromatic carbocycles. The Labute approximate surface area is 130 Å². The molecule has 0 aliphatic carbocycles. The van der Waals surface area contributed by atoms with Crippen molar-refractivity contribution in [2.45, 2.75) is 25.9 Å². The van der Waals surface area contributed by atoms with Gasteiger partial charge in [-0.1, -0.05) is 41.7 Å². The second-order valence-electron chi connectivity index (χ2n) is 5.32. The van der Waals surface area contributed by atoms with Gasteiger partial charge in [0.25, 0.3) is 0 Å². The van der Waals surface area contributed by atoms with Crippen molar-refractivity contribution in [3.05, 3.63) is 35.2 Å². The third-order valence-electron chi connectivity index (χ3n) is 3.29. The van der Waals surface area contributed by atoms with Crippen LogP contribution in [-0.4, -0.2) is 36.8 Å². The van der Waals surface area contributed by atoms with Crippen LogP contribution in [0.2, 0.25) is 0 Å². The topological polar surface area (TPSA) is 48.4 Å². The van der Waals surface area contributed by atoms with Gasteiger partial charge in [0, 0.05) is 43.7 Å². The predicted octanol–water partition coefficient (Wildman–Crippen LogP) is 2.74. The van der Waals surface area contributed by atoms with Gasteiger partial charge in [0.2, 0.25) is 0 Å². The van der Waals surface area contributed by atoms with E-state index in [1.807, 2.05) is 37.2 Å². The molecule has 0 spiro atoms. The van der Waals surface area contributed by atoms with E-state index in [2.05, 4.69) is 24.4 Å². The molecular formula is C16H23N3OS. The number of aromatic nitrogens is 1. The Balaban J connectivity index is 2.22. The molecule has 2 rings (SSSR count). The van der Waals surface area contributed by atoms with E-state index in [1.165, 1.54) is 4.88 Å². The Morgan fingerprint density at radius 3 is 2.62 bits per heavy atom. The SMILES string of the molecule is CC(CCO)NCc1sc(N(C)C)nc1-c1ccccc1. The number of aliphatic hydroxyl groups excluding tert-OH is 1. The van der Waals surface area contributed by atoms with E-state index in [1.54, 1.807) is 11.3 Å². The summed E-state index contributed by atoms with van der Waals surface area (Å²) in [6.07, 6.45) is 0.764. The number of nitrogens with one attached hydrogen (secondary N) is 1. The van der Waals surface area contributed by atoms with Crippen molar-refractivity contribution in [3.8, 4) is 11.3 Å². The summed E-state index contributed by atoms with van der Waals surface area (Å²) in [5.41, 5.74) is 2.20. The van der Waals surface area contributed by atoms with Crippen LogP contribution >= 0.6 is 11.3 Å². The summed E-state index contributed by atoms with van der Waals surface area (Å²) >= 11 is 1.71. The first-order chi connectivity index (χ1) is 10.1. The van der Waals surface area contributed by atoms with Gasteiger partial charge >= 0.3 is 0 Å². The van der Waals surface area contributed by atoms with Gasteiger partial charge in [-0.25, -0.2) is 4.98 Å². The zero-order valence-electron chi connectivity index (χ0n) is 12.8. The van der Waals surface area contributed by atoms with Crippen LogP contribution in [0.15, 0.2) is 30.3 Å². The Hall–Kier alpha value is -1.43. The lowest BCUT2D eigenvalue weighted by Crippen LogP contribution is -2.26. The monoisotopic (exact) mass is 305 g/mol. The van der Waals surface area contributed by atoms with E-state index >= 15 is 0 Å². The average Bonchev–Trinajstić information content (AvgIpc) is 2.91. The van der Waals surface area contributed by atoms with Crippen molar-refractivity contribution < 1.29 is 5.11 Å². The van der Waals surface area contributed by atoms with Crippen LogP contribution in [-0.2, 0) is 6.54 Å². The number of hydrogen-bond donors (Lipinski definition) is 2. The molecule has 2 aromatic rings. The molecule has 0 fully saturated rings. The Morgan fingerprint density at radius 1 is 1.29 bits per heavy atom. The second-order valence-corrected chi connectivity index (χ2v) is 6.38. The first-order valence-corrected chi connectivity index (χ1v) is 8.00. The third kappa shape index (κ3) is 4.27. The van der Waals surface area contributed by atoms with Crippen molar-refractivity contribution in [2.24, 2.45) is 0 Å². The van der Waals surface area contributed by atoms with Crippen LogP contribution < -0.4 is 10.2 Å². The van der Waals surface area contributed by atoms with E-state index < -0.39 is 0 Å². The Bertz CT molecular complexity index is 554. The van der Waals surface area contributed by atoms with Crippen LogP contribution in [0.3, 0.4) is 0 Å². The first-order valence-electron chi connectivity index (χ1n) is 7.18. The molecule has 1 atom stereocenters. The highest BCUT2D eigenvalue weighted by molar-refractivity contribution is 7.16. The van der Waals surface area contributed by atoms with Gasteiger partial charge in [0.1, 0.15) is 0 Å². The number of anilines is 1. The molecule has 1 heterocycles. The highest BCUT2D eigenvalue weighted by atomic mass is 32.1. The normalized spacial score (nSPS) is 12.4. The molecule has 1 unspecified atom stereocenters. The summed E-state index contributed by atoms with van der Waals surface area (Å²) < 4.78 is 0. The molecule has 1 aromatic heterocycles. The first kappa shape index (κ1) is 15.9. The summed E-state index contributed by atoms with van der Waals surface area (Å²) in [6.45, 7) is 3.08. The standard InChI is InChI=1S/C16H23N3OS/c1-12(9-10-20)17-11-14-15(13-7-5-4-6-8-13)18-16(21-14)19(2)3/h4-8,12,17,20H,9-11H2,1-3H3. The van der Waals surface area contributed by atoms with E-state index in [0.29, 0.717) is 6.04 Å². The third-order valence-corrected chi connectivity index (χ3v) is 4.51. The average molecular weight is 305 g/mol. The quantitative estimate of drug-likeness (QED) is 0.826. The molecule has 0 radical (unpaired) electrons. The molecule has 21 heavy (non-hydrogen) atoms. The van der Waals surface area contributed by atoms with Gasteiger partial charge in [0.15, 0.2) is 5.13 Å². The number of nitrogens with zero attached hydrogens (tertiary/aromatic N) is 2. The molecular weight excluding hydrogens is 282 g/mol. The van der Waals surface area contributed by atoms with Crippen LogP contribution in [0.4, 0.5) is 5.13 Å². The summed E-state index contributed by atoms with van der Waals surface area (Å²) in [5, 5.41) is 13.5. The maximum Gasteiger partial charge on any atom is 0.185 e. The molecule has 5 heteroatoms. The largest absolute Gasteiger partial charge is 0.396 e. The molecule has 2 N–H and O–H groups in total. The fourth-order valence-corrected chi connectivity index (χ4v) is 2.99. The summed E-state index contributed by atoms with van der Waals surface area (Å²) in [4.78, 5) is 8.03. The molecule has 0 aliphatic heterocycles. The minimum atomic E-state index is 0.214. The van der Waals surface area contributed by atoms with Crippen molar-refractivity contribution in [1.82, 2.24) is 10.3 Å². The Morgan fingerprint density at radius 2 is 2.00 bits per heavy atom. The predicted molar refractivity (Wildman–Crippen MR) is 89.9 cm³/mol. The number of hydrogen-bond acceptors (Lipinski definition) is 5. The number of benzene rings is 1. The van der Waals surface area contributed by atoms with Crippen LogP contribution in [0.5, 0.6) is 0 Å². The lowest BCUT2D eigenvalue weighted by Gasteiger charge is -2.11. The van der Waals surface area contributed by atoms with Crippen LogP contribution in [0.1, 0.15) is 18.2 Å². The highest BCUT2D eigenvalue weighted by Gasteiger charge is 2.14. The van der Waals surface area contributed by atoms with Gasteiger partial charge in [0.05, 0.1) is 5.69 Å². The van der Waals surface area contributed by atoms with Crippen molar-refractivity contribution in [2.75, 3.05) is 25.6 Å². The second kappa shape index (κ2) is 7.54. The molecule has 0 saturated heterocycles. The lowest BCUT2D eigenvalue weighted by molar-refractivity contribution is 0.269. The van der Waals surface area contributed by atoms with Crippen molar-refractivity contribution in [3.63, 3.8) is 0 Å². The molecule has 0 aliphatic rings. The Kier molecular flexibility index (Phi) is 5.73. The van der Waals surface area contributed by atoms with E-state index in [-0.39, 0.29) is 6.61 Å². The van der Waals surface area contributed by atoms with Crippen LogP contribution in [0, 0.1) is 0 Å². The van der Waals surface area contributed by atoms with Gasteiger partial charge < -0.3 is 15.3 Å². The van der Waals surface area contributed by atoms with Crippen LogP contribution in [0.25, 0.3) is 11.3 Å². The molecule has 114 valence electrons. The smallest absolute Gasteiger partial charge is 0.185 e. The van der Waals surface area contributed by atoms with Gasteiger partial charge in [-0.2, -0.15) is 0 Å². The molecule has 0 saturated carbocycles. The molecule has 0 bridgehead atoms.